The smallest absolute Gasteiger partial charge is 0.133 e. The van der Waals surface area contributed by atoms with Crippen molar-refractivity contribution in [3.05, 3.63) is 12.2 Å². The summed E-state index contributed by atoms with van der Waals surface area (Å²) in [4.78, 5) is 0. The van der Waals surface area contributed by atoms with Crippen LogP contribution in [-0.4, -0.2) is 22.6 Å². The zero-order valence-electron chi connectivity index (χ0n) is 8.08. The standard InChI is InChI=1S/C10H15NO2/c1-6(2)7-4-8(11-12)10(3)9(5-7)13-10/h7,9,12H,1,4-5H2,2-3H3/b11-8-. The van der Waals surface area contributed by atoms with Crippen molar-refractivity contribution in [3.8, 4) is 0 Å². The van der Waals surface area contributed by atoms with Gasteiger partial charge in [0.2, 0.25) is 0 Å². The van der Waals surface area contributed by atoms with Gasteiger partial charge in [0.1, 0.15) is 5.60 Å². The average molecular weight is 181 g/mol. The van der Waals surface area contributed by atoms with Gasteiger partial charge >= 0.3 is 0 Å². The topological polar surface area (TPSA) is 45.1 Å². The minimum atomic E-state index is -0.263. The Morgan fingerprint density at radius 1 is 1.77 bits per heavy atom. The van der Waals surface area contributed by atoms with Gasteiger partial charge in [-0.15, -0.1) is 0 Å². The monoisotopic (exact) mass is 181 g/mol. The molecule has 0 aromatic carbocycles. The first-order valence-electron chi connectivity index (χ1n) is 4.62. The number of hydrogen-bond donors (Lipinski definition) is 1. The Bertz CT molecular complexity index is 285. The Balaban J connectivity index is 2.17. The molecule has 0 amide bonds. The lowest BCUT2D eigenvalue weighted by Crippen LogP contribution is -2.32. The van der Waals surface area contributed by atoms with Gasteiger partial charge in [-0.25, -0.2) is 0 Å². The Hall–Kier alpha value is -0.830. The highest BCUT2D eigenvalue weighted by molar-refractivity contribution is 5.96. The van der Waals surface area contributed by atoms with E-state index < -0.39 is 0 Å². The molecule has 0 aromatic heterocycles. The summed E-state index contributed by atoms with van der Waals surface area (Å²) in [5.74, 6) is 0.423. The summed E-state index contributed by atoms with van der Waals surface area (Å²) in [6, 6.07) is 0. The molecule has 2 aliphatic rings. The molecule has 1 heterocycles. The average Bonchev–Trinajstić information content (AvgIpc) is 2.74. The minimum absolute atomic E-state index is 0.244. The number of allylic oxidation sites excluding steroid dienone is 1. The number of hydrogen-bond acceptors (Lipinski definition) is 3. The summed E-state index contributed by atoms with van der Waals surface area (Å²) < 4.78 is 5.52. The fourth-order valence-corrected chi connectivity index (χ4v) is 2.08. The zero-order valence-corrected chi connectivity index (χ0v) is 8.08. The number of oxime groups is 1. The predicted molar refractivity (Wildman–Crippen MR) is 50.0 cm³/mol. The summed E-state index contributed by atoms with van der Waals surface area (Å²) in [6.45, 7) is 7.94. The van der Waals surface area contributed by atoms with Crippen molar-refractivity contribution >= 4 is 5.71 Å². The fraction of sp³-hybridized carbons (Fsp3) is 0.700. The van der Waals surface area contributed by atoms with Crippen LogP contribution in [0.3, 0.4) is 0 Å². The number of ether oxygens (including phenoxy) is 1. The highest BCUT2D eigenvalue weighted by Gasteiger charge is 2.60. The molecule has 13 heavy (non-hydrogen) atoms. The van der Waals surface area contributed by atoms with Crippen LogP contribution < -0.4 is 0 Å². The largest absolute Gasteiger partial charge is 0.411 e. The third-order valence-corrected chi connectivity index (χ3v) is 3.27. The molecular weight excluding hydrogens is 166 g/mol. The van der Waals surface area contributed by atoms with E-state index in [1.54, 1.807) is 0 Å². The summed E-state index contributed by atoms with van der Waals surface area (Å²) in [6.07, 6.45) is 2.05. The number of nitrogens with zero attached hydrogens (tertiary/aromatic N) is 1. The molecule has 2 rings (SSSR count). The van der Waals surface area contributed by atoms with Gasteiger partial charge in [0.15, 0.2) is 0 Å². The van der Waals surface area contributed by atoms with Gasteiger partial charge in [0.05, 0.1) is 11.8 Å². The maximum atomic E-state index is 8.83. The first-order chi connectivity index (χ1) is 6.08. The molecule has 0 aromatic rings. The maximum absolute atomic E-state index is 8.83. The van der Waals surface area contributed by atoms with Crippen molar-refractivity contribution in [2.75, 3.05) is 0 Å². The molecule has 2 fully saturated rings. The minimum Gasteiger partial charge on any atom is -0.411 e. The van der Waals surface area contributed by atoms with Crippen LogP contribution in [0.5, 0.6) is 0 Å². The van der Waals surface area contributed by atoms with E-state index in [1.165, 1.54) is 0 Å². The normalized spacial score (nSPS) is 45.8. The molecule has 3 nitrogen and oxygen atoms in total. The van der Waals surface area contributed by atoms with E-state index >= 15 is 0 Å². The van der Waals surface area contributed by atoms with Crippen LogP contribution >= 0.6 is 0 Å². The summed E-state index contributed by atoms with van der Waals surface area (Å²) in [7, 11) is 0. The highest BCUT2D eigenvalue weighted by atomic mass is 16.6. The second-order valence-electron chi connectivity index (χ2n) is 4.24. The van der Waals surface area contributed by atoms with Gasteiger partial charge in [0.25, 0.3) is 0 Å². The van der Waals surface area contributed by atoms with Crippen molar-refractivity contribution in [3.63, 3.8) is 0 Å². The van der Waals surface area contributed by atoms with Crippen LogP contribution in [0, 0.1) is 5.92 Å². The molecule has 1 saturated carbocycles. The Kier molecular flexibility index (Phi) is 1.74. The van der Waals surface area contributed by atoms with Gasteiger partial charge < -0.3 is 9.94 Å². The Morgan fingerprint density at radius 3 is 3.00 bits per heavy atom. The van der Waals surface area contributed by atoms with E-state index in [4.69, 9.17) is 9.94 Å². The summed E-state index contributed by atoms with van der Waals surface area (Å²) >= 11 is 0. The van der Waals surface area contributed by atoms with E-state index in [1.807, 2.05) is 13.8 Å². The third-order valence-electron chi connectivity index (χ3n) is 3.27. The van der Waals surface area contributed by atoms with Crippen LogP contribution in [0.15, 0.2) is 17.3 Å². The molecule has 1 saturated heterocycles. The lowest BCUT2D eigenvalue weighted by Gasteiger charge is -2.23. The number of epoxide rings is 1. The van der Waals surface area contributed by atoms with Crippen LogP contribution in [0.25, 0.3) is 0 Å². The highest BCUT2D eigenvalue weighted by Crippen LogP contribution is 2.48. The first-order valence-corrected chi connectivity index (χ1v) is 4.62. The molecule has 3 unspecified atom stereocenters. The van der Waals surface area contributed by atoms with E-state index in [2.05, 4.69) is 11.7 Å². The molecule has 72 valence electrons. The van der Waals surface area contributed by atoms with E-state index in [0.717, 1.165) is 24.1 Å². The lowest BCUT2D eigenvalue weighted by atomic mass is 9.78. The number of rotatable bonds is 1. The van der Waals surface area contributed by atoms with Crippen molar-refractivity contribution in [1.82, 2.24) is 0 Å². The van der Waals surface area contributed by atoms with Crippen molar-refractivity contribution in [2.45, 2.75) is 38.4 Å². The van der Waals surface area contributed by atoms with E-state index in [0.29, 0.717) is 5.92 Å². The third kappa shape index (κ3) is 1.18. The quantitative estimate of drug-likeness (QED) is 0.291. The zero-order chi connectivity index (χ0) is 9.64. The maximum Gasteiger partial charge on any atom is 0.133 e. The van der Waals surface area contributed by atoms with Gasteiger partial charge in [-0.05, 0) is 32.6 Å². The van der Waals surface area contributed by atoms with E-state index in [-0.39, 0.29) is 11.7 Å². The second kappa shape index (κ2) is 2.58. The molecule has 1 aliphatic carbocycles. The molecule has 1 N–H and O–H groups in total. The van der Waals surface area contributed by atoms with Gasteiger partial charge in [0, 0.05) is 0 Å². The van der Waals surface area contributed by atoms with Crippen LogP contribution in [0.1, 0.15) is 26.7 Å². The predicted octanol–water partition coefficient (Wildman–Crippen LogP) is 1.96. The molecule has 3 atom stereocenters. The van der Waals surface area contributed by atoms with Crippen LogP contribution in [-0.2, 0) is 4.74 Å². The molecular formula is C10H15NO2. The molecule has 0 bridgehead atoms. The molecule has 0 spiro atoms. The van der Waals surface area contributed by atoms with Gasteiger partial charge in [-0.3, -0.25) is 0 Å². The second-order valence-corrected chi connectivity index (χ2v) is 4.24. The van der Waals surface area contributed by atoms with E-state index in [9.17, 15) is 0 Å². The first kappa shape index (κ1) is 8.75. The van der Waals surface area contributed by atoms with Crippen molar-refractivity contribution in [2.24, 2.45) is 11.1 Å². The molecule has 3 heteroatoms. The summed E-state index contributed by atoms with van der Waals surface area (Å²) in [5.41, 5.74) is 1.66. The van der Waals surface area contributed by atoms with Crippen molar-refractivity contribution in [1.29, 1.82) is 0 Å². The van der Waals surface area contributed by atoms with Crippen molar-refractivity contribution < 1.29 is 9.94 Å². The Labute approximate surface area is 78.1 Å². The molecule has 0 radical (unpaired) electrons. The van der Waals surface area contributed by atoms with Gasteiger partial charge in [-0.2, -0.15) is 0 Å². The van der Waals surface area contributed by atoms with Gasteiger partial charge in [-0.1, -0.05) is 17.3 Å². The number of fused-ring (bicyclic) bond motifs is 1. The SMILES string of the molecule is C=C(C)C1C/C(=N/O)C2(C)OC2C1. The molecule has 1 aliphatic heterocycles. The lowest BCUT2D eigenvalue weighted by molar-refractivity contribution is 0.304. The van der Waals surface area contributed by atoms with Crippen LogP contribution in [0.2, 0.25) is 0 Å². The van der Waals surface area contributed by atoms with Crippen LogP contribution in [0.4, 0.5) is 0 Å². The summed E-state index contributed by atoms with van der Waals surface area (Å²) in [5, 5.41) is 12.2. The Morgan fingerprint density at radius 2 is 2.46 bits per heavy atom. The fourth-order valence-electron chi connectivity index (χ4n) is 2.08.